The SMILES string of the molecule is C=CC(=O)[PH2+]CCO.C=CC(=O)[PH2+]CCO.C=CC(=O)[PH2+]CCO.O=P([O-])([O-])[O-]. The minimum atomic E-state index is -5.39. The molecular weight excluding hydrogens is 464 g/mol. The highest BCUT2D eigenvalue weighted by Crippen LogP contribution is 2.10. The van der Waals surface area contributed by atoms with Gasteiger partial charge in [-0.15, -0.1) is 0 Å². The molecule has 29 heavy (non-hydrogen) atoms. The van der Waals surface area contributed by atoms with Crippen LogP contribution in [0.25, 0.3) is 0 Å². The minimum Gasteiger partial charge on any atom is -0.822 e. The van der Waals surface area contributed by atoms with Gasteiger partial charge in [0, 0.05) is 18.2 Å². The van der Waals surface area contributed by atoms with Gasteiger partial charge in [-0.05, 0) is 0 Å². The summed E-state index contributed by atoms with van der Waals surface area (Å²) in [5.74, 6) is 0. The molecule has 0 aromatic rings. The molecule has 0 fully saturated rings. The largest absolute Gasteiger partial charge is 0.822 e. The molecule has 0 saturated heterocycles. The van der Waals surface area contributed by atoms with Crippen molar-refractivity contribution >= 4 is 50.1 Å². The molecule has 170 valence electrons. The summed E-state index contributed by atoms with van der Waals surface area (Å²) in [6, 6.07) is 0. The van der Waals surface area contributed by atoms with Crippen molar-refractivity contribution in [3.63, 3.8) is 0 Å². The highest BCUT2D eigenvalue weighted by atomic mass is 31.2. The number of allylic oxidation sites excluding steroid dienone is 3. The second-order valence-electron chi connectivity index (χ2n) is 4.42. The Balaban J connectivity index is -0.000000146. The third-order valence-corrected chi connectivity index (χ3v) is 5.58. The van der Waals surface area contributed by atoms with Crippen LogP contribution in [0, 0.1) is 0 Å². The first kappa shape index (κ1) is 35.9. The summed E-state index contributed by atoms with van der Waals surface area (Å²) >= 11 is 0. The predicted molar refractivity (Wildman–Crippen MR) is 118 cm³/mol. The van der Waals surface area contributed by atoms with E-state index in [1.807, 2.05) is 0 Å². The standard InChI is InChI=1S/3C5H9O2P.H3O4P/c3*1-2-5(7)8-4-3-6;1-5(2,3)4/h3*2,6,8H,1,3-4H2;(H3,1,2,3,4). The van der Waals surface area contributed by atoms with Crippen LogP contribution >= 0.6 is 33.6 Å². The van der Waals surface area contributed by atoms with Crippen LogP contribution < -0.4 is 14.7 Å². The Morgan fingerprint density at radius 1 is 0.690 bits per heavy atom. The Kier molecular flexibility index (Phi) is 34.1. The first-order valence-electron chi connectivity index (χ1n) is 7.97. The van der Waals surface area contributed by atoms with E-state index in [9.17, 15) is 14.4 Å². The lowest BCUT2D eigenvalue weighted by molar-refractivity contribution is -0.432. The molecule has 0 aliphatic rings. The Morgan fingerprint density at radius 2 is 0.862 bits per heavy atom. The van der Waals surface area contributed by atoms with Crippen LogP contribution in [0.5, 0.6) is 0 Å². The van der Waals surface area contributed by atoms with Crippen molar-refractivity contribution in [1.29, 1.82) is 0 Å². The third-order valence-electron chi connectivity index (χ3n) is 2.03. The molecule has 3 N–H and O–H groups in total. The molecule has 3 atom stereocenters. The van der Waals surface area contributed by atoms with E-state index in [-0.39, 0.29) is 62.1 Å². The van der Waals surface area contributed by atoms with Gasteiger partial charge in [-0.25, -0.2) is 14.4 Å². The zero-order valence-electron chi connectivity index (χ0n) is 16.0. The fraction of sp³-hybridized carbons (Fsp3) is 0.400. The lowest BCUT2D eigenvalue weighted by Crippen LogP contribution is -2.24. The molecule has 10 nitrogen and oxygen atoms in total. The van der Waals surface area contributed by atoms with E-state index < -0.39 is 7.82 Å². The van der Waals surface area contributed by atoms with Gasteiger partial charge in [0.1, 0.15) is 0 Å². The average molecular weight is 494 g/mol. The number of aliphatic hydroxyl groups excluding tert-OH is 3. The number of rotatable bonds is 12. The summed E-state index contributed by atoms with van der Waals surface area (Å²) in [6.07, 6.45) is 5.82. The molecule has 0 rings (SSSR count). The predicted octanol–water partition coefficient (Wildman–Crippen LogP) is -2.52. The molecule has 14 heteroatoms. The topological polar surface area (TPSA) is 198 Å². The van der Waals surface area contributed by atoms with Gasteiger partial charge in [0.2, 0.25) is 0 Å². The molecule has 3 unspecified atom stereocenters. The van der Waals surface area contributed by atoms with Crippen LogP contribution in [-0.4, -0.2) is 70.2 Å². The summed E-state index contributed by atoms with van der Waals surface area (Å²) in [6.45, 7) is 10.3. The summed E-state index contributed by atoms with van der Waals surface area (Å²) in [7, 11) is -6.10. The number of carbonyl (C=O) groups excluding carboxylic acids is 3. The van der Waals surface area contributed by atoms with Crippen LogP contribution in [0.3, 0.4) is 0 Å². The van der Waals surface area contributed by atoms with Crippen LogP contribution in [0.2, 0.25) is 0 Å². The van der Waals surface area contributed by atoms with Crippen molar-refractivity contribution in [2.45, 2.75) is 0 Å². The van der Waals surface area contributed by atoms with E-state index in [2.05, 4.69) is 19.7 Å². The quantitative estimate of drug-likeness (QED) is 0.192. The number of hydrogen-bond acceptors (Lipinski definition) is 10. The average Bonchev–Trinajstić information content (AvgIpc) is 2.67. The van der Waals surface area contributed by atoms with Gasteiger partial charge < -0.3 is 34.6 Å². The van der Waals surface area contributed by atoms with Crippen molar-refractivity contribution in [1.82, 2.24) is 0 Å². The summed E-state index contributed by atoms with van der Waals surface area (Å²) in [4.78, 5) is 56.8. The number of hydrogen-bond donors (Lipinski definition) is 3. The van der Waals surface area contributed by atoms with E-state index >= 15 is 0 Å². The fourth-order valence-corrected chi connectivity index (χ4v) is 2.61. The van der Waals surface area contributed by atoms with Gasteiger partial charge in [-0.2, -0.15) is 7.82 Å². The minimum absolute atomic E-state index is 0.0825. The number of aliphatic hydroxyl groups is 3. The molecule has 0 aliphatic heterocycles. The van der Waals surface area contributed by atoms with E-state index in [0.29, 0.717) is 18.5 Å². The van der Waals surface area contributed by atoms with Crippen LogP contribution in [0.15, 0.2) is 38.0 Å². The molecule has 0 saturated carbocycles. The van der Waals surface area contributed by atoms with Gasteiger partial charge in [0.15, 0.2) is 0 Å². The highest BCUT2D eigenvalue weighted by molar-refractivity contribution is 7.59. The van der Waals surface area contributed by atoms with Crippen molar-refractivity contribution in [3.8, 4) is 0 Å². The molecule has 0 heterocycles. The van der Waals surface area contributed by atoms with Crippen molar-refractivity contribution in [2.75, 3.05) is 38.3 Å². The molecule has 0 amide bonds. The number of carbonyl (C=O) groups is 3. The Morgan fingerprint density at radius 3 is 0.966 bits per heavy atom. The number of phosphoric acid groups is 1. The van der Waals surface area contributed by atoms with E-state index in [4.69, 9.17) is 34.6 Å². The lowest BCUT2D eigenvalue weighted by atomic mass is 10.7. The molecule has 0 aromatic carbocycles. The van der Waals surface area contributed by atoms with Gasteiger partial charge in [0.25, 0.3) is 16.6 Å². The Labute approximate surface area is 175 Å². The van der Waals surface area contributed by atoms with Gasteiger partial charge in [0.05, 0.1) is 64.0 Å². The maximum Gasteiger partial charge on any atom is 0.285 e. The van der Waals surface area contributed by atoms with Crippen LogP contribution in [0.1, 0.15) is 0 Å². The second-order valence-corrected chi connectivity index (χ2v) is 9.97. The monoisotopic (exact) mass is 494 g/mol. The zero-order valence-corrected chi connectivity index (χ0v) is 20.3. The Hall–Kier alpha value is -0.490. The molecular formula is C15H30O10P4. The van der Waals surface area contributed by atoms with Gasteiger partial charge in [-0.3, -0.25) is 0 Å². The summed E-state index contributed by atoms with van der Waals surface area (Å²) in [5.41, 5.74) is 0.247. The maximum absolute atomic E-state index is 10.4. The maximum atomic E-state index is 10.4. The molecule has 0 spiro atoms. The van der Waals surface area contributed by atoms with E-state index in [1.165, 1.54) is 18.2 Å². The summed E-state index contributed by atoms with van der Waals surface area (Å²) in [5, 5.41) is 24.7. The molecule has 0 aliphatic carbocycles. The second kappa shape index (κ2) is 27.5. The Bertz CT molecular complexity index is 454. The first-order valence-corrected chi connectivity index (χ1v) is 13.6. The summed E-state index contributed by atoms with van der Waals surface area (Å²) < 4.78 is 8.55. The molecule has 0 radical (unpaired) electrons. The van der Waals surface area contributed by atoms with Gasteiger partial charge >= 0.3 is 0 Å². The van der Waals surface area contributed by atoms with Crippen molar-refractivity contribution < 1.29 is 48.9 Å². The van der Waals surface area contributed by atoms with Gasteiger partial charge in [-0.1, -0.05) is 19.7 Å². The van der Waals surface area contributed by atoms with Crippen LogP contribution in [0.4, 0.5) is 0 Å². The van der Waals surface area contributed by atoms with E-state index in [0.717, 1.165) is 0 Å². The third kappa shape index (κ3) is 58.4. The van der Waals surface area contributed by atoms with Crippen molar-refractivity contribution in [2.24, 2.45) is 0 Å². The highest BCUT2D eigenvalue weighted by Gasteiger charge is 2.00. The molecule has 0 aromatic heterocycles. The van der Waals surface area contributed by atoms with Crippen molar-refractivity contribution in [3.05, 3.63) is 38.0 Å². The zero-order chi connectivity index (χ0) is 23.7. The van der Waals surface area contributed by atoms with E-state index in [1.54, 1.807) is 0 Å². The lowest BCUT2D eigenvalue weighted by Gasteiger charge is -2.36. The molecule has 0 bridgehead atoms. The normalized spacial score (nSPS) is 10.4. The van der Waals surface area contributed by atoms with Crippen LogP contribution in [-0.2, 0) is 18.9 Å². The fourth-order valence-electron chi connectivity index (χ4n) is 0.870. The smallest absolute Gasteiger partial charge is 0.285 e. The first-order chi connectivity index (χ1) is 13.4.